The minimum absolute atomic E-state index is 0.0509. The molecule has 0 saturated carbocycles. The van der Waals surface area contributed by atoms with Crippen molar-refractivity contribution in [3.8, 4) is 5.75 Å². The molecule has 53 heavy (non-hydrogen) atoms. The van der Waals surface area contributed by atoms with Crippen molar-refractivity contribution >= 4 is 53.8 Å². The molecule has 2 fully saturated rings. The van der Waals surface area contributed by atoms with Gasteiger partial charge in [0.2, 0.25) is 11.8 Å². The molecule has 1 aromatic carbocycles. The highest BCUT2D eigenvalue weighted by atomic mass is 35.5. The third-order valence-electron chi connectivity index (χ3n) is 10.5. The molecule has 3 amide bonds. The number of alkyl carbamates (subject to hydrolysis) is 1. The lowest BCUT2D eigenvalue weighted by Crippen LogP contribution is -2.63. The number of methoxy groups -OCH3 is 2. The van der Waals surface area contributed by atoms with Gasteiger partial charge >= 0.3 is 12.1 Å². The molecule has 1 unspecified atom stereocenters. The minimum Gasteiger partial charge on any atom is -0.495 e. The second-order valence-corrected chi connectivity index (χ2v) is 16.8. The van der Waals surface area contributed by atoms with Crippen molar-refractivity contribution in [1.82, 2.24) is 10.2 Å². The molecule has 4 bridgehead atoms. The van der Waals surface area contributed by atoms with Crippen molar-refractivity contribution in [2.45, 2.75) is 120 Å². The van der Waals surface area contributed by atoms with Crippen molar-refractivity contribution in [2.24, 2.45) is 5.92 Å². The third kappa shape index (κ3) is 9.88. The number of nitrogens with one attached hydrogen (secondary N) is 1. The molecular formula is C38H54ClN3O10S. The summed E-state index contributed by atoms with van der Waals surface area (Å²) in [6.45, 7) is 10.8. The zero-order valence-electron chi connectivity index (χ0n) is 32.2. The van der Waals surface area contributed by atoms with Gasteiger partial charge in [-0.2, -0.15) is 12.6 Å². The Balaban J connectivity index is 1.74. The number of benzene rings is 1. The number of halogens is 1. The SMILES string of the molecule is COc1cc2cc(c1Cl)N(C)C(=O)C[C@H](OC(=O)[C@H](C)N(C)C(=O)CCC(C)(C)S)[C@]1(C)O[C@H]1[C@H](C)[C@@H]1C[C@@](O)(NC(=O)O1)C(OC)C=C/C=C(/C)C2. The maximum absolute atomic E-state index is 14.1. The van der Waals surface area contributed by atoms with Crippen molar-refractivity contribution in [1.29, 1.82) is 0 Å². The number of rotatable bonds is 8. The van der Waals surface area contributed by atoms with Crippen molar-refractivity contribution < 1.29 is 48.0 Å². The summed E-state index contributed by atoms with van der Waals surface area (Å²) in [6.07, 6.45) is 1.61. The second-order valence-electron chi connectivity index (χ2n) is 15.2. The molecule has 3 heterocycles. The average molecular weight is 780 g/mol. The van der Waals surface area contributed by atoms with Crippen LogP contribution in [0.25, 0.3) is 0 Å². The maximum Gasteiger partial charge on any atom is 0.409 e. The first-order valence-corrected chi connectivity index (χ1v) is 18.5. The number of aliphatic hydroxyl groups is 1. The summed E-state index contributed by atoms with van der Waals surface area (Å²) >= 11 is 11.3. The van der Waals surface area contributed by atoms with E-state index in [1.165, 1.54) is 31.1 Å². The first-order valence-electron chi connectivity index (χ1n) is 17.7. The molecule has 0 spiro atoms. The number of carbonyl (C=O) groups excluding carboxylic acids is 4. The first kappa shape index (κ1) is 42.4. The first-order chi connectivity index (χ1) is 24.6. The quantitative estimate of drug-likeness (QED) is 0.187. The van der Waals surface area contributed by atoms with E-state index in [2.05, 4.69) is 17.9 Å². The van der Waals surface area contributed by atoms with Gasteiger partial charge in [0.05, 0.1) is 25.3 Å². The number of nitrogens with zero attached hydrogens (tertiary/aromatic N) is 2. The predicted octanol–water partition coefficient (Wildman–Crippen LogP) is 5.00. The van der Waals surface area contributed by atoms with Gasteiger partial charge in [-0.1, -0.05) is 56.2 Å². The summed E-state index contributed by atoms with van der Waals surface area (Å²) < 4.78 is 28.8. The zero-order chi connectivity index (χ0) is 39.6. The highest BCUT2D eigenvalue weighted by Gasteiger charge is 2.64. The van der Waals surface area contributed by atoms with E-state index in [1.807, 2.05) is 26.8 Å². The number of ether oxygens (including phenoxy) is 5. The normalized spacial score (nSPS) is 30.9. The standard InChI is InChI=1S/C38H54ClN3O10S/c1-21-12-11-13-28(49-10)38(47)20-27(50-35(46)40-38)22(2)33-37(6,52-33)29(51-34(45)23(3)41(7)30(43)14-15-36(4,5)53)19-31(44)42(8)25-17-24(16-21)18-26(48-9)32(25)39/h11-13,17-18,22-23,27-29,33,47,53H,14-16,19-20H2,1-10H3,(H,40,46)/b13-11?,21-12-/t22-,23+,27+,28?,29+,33+,37+,38+/m1/s1. The van der Waals surface area contributed by atoms with Gasteiger partial charge < -0.3 is 38.6 Å². The number of esters is 1. The lowest BCUT2D eigenvalue weighted by atomic mass is 9.83. The molecule has 2 N–H and O–H groups in total. The summed E-state index contributed by atoms with van der Waals surface area (Å²) in [5.74, 6) is -1.58. The number of carbonyl (C=O) groups is 4. The number of hydrogen-bond donors (Lipinski definition) is 3. The van der Waals surface area contributed by atoms with Crippen LogP contribution < -0.4 is 15.0 Å². The van der Waals surface area contributed by atoms with Crippen LogP contribution >= 0.6 is 24.2 Å². The highest BCUT2D eigenvalue weighted by molar-refractivity contribution is 7.81. The lowest BCUT2D eigenvalue weighted by molar-refractivity contribution is -0.162. The zero-order valence-corrected chi connectivity index (χ0v) is 33.9. The topological polar surface area (TPSA) is 156 Å². The van der Waals surface area contributed by atoms with E-state index in [4.69, 9.17) is 35.3 Å². The molecule has 4 rings (SSSR count). The third-order valence-corrected chi connectivity index (χ3v) is 11.1. The Morgan fingerprint density at radius 1 is 1.26 bits per heavy atom. The van der Waals surface area contributed by atoms with E-state index in [0.717, 1.165) is 11.1 Å². The molecule has 0 radical (unpaired) electrons. The van der Waals surface area contributed by atoms with Gasteiger partial charge in [-0.05, 0) is 51.3 Å². The smallest absolute Gasteiger partial charge is 0.409 e. The molecule has 0 aliphatic carbocycles. The number of epoxide rings is 1. The Morgan fingerprint density at radius 3 is 2.57 bits per heavy atom. The Labute approximate surface area is 322 Å². The Kier molecular flexibility index (Phi) is 13.3. The van der Waals surface area contributed by atoms with Crippen LogP contribution in [-0.2, 0) is 39.8 Å². The van der Waals surface area contributed by atoms with E-state index >= 15 is 0 Å². The molecule has 8 atom stereocenters. The fourth-order valence-corrected chi connectivity index (χ4v) is 7.23. The summed E-state index contributed by atoms with van der Waals surface area (Å²) in [6, 6.07) is 2.60. The highest BCUT2D eigenvalue weighted by Crippen LogP contribution is 2.49. The summed E-state index contributed by atoms with van der Waals surface area (Å²) in [5, 5.41) is 14.5. The Hall–Kier alpha value is -3.30. The number of anilines is 1. The van der Waals surface area contributed by atoms with Gasteiger partial charge in [-0.15, -0.1) is 0 Å². The van der Waals surface area contributed by atoms with Gasteiger partial charge in [0, 0.05) is 44.7 Å². The molecule has 15 heteroatoms. The van der Waals surface area contributed by atoms with Crippen LogP contribution in [0.1, 0.15) is 72.8 Å². The maximum atomic E-state index is 14.1. The summed E-state index contributed by atoms with van der Waals surface area (Å²) in [4.78, 5) is 56.5. The Bertz CT molecular complexity index is 1630. The summed E-state index contributed by atoms with van der Waals surface area (Å²) in [7, 11) is 6.02. The van der Waals surface area contributed by atoms with E-state index in [1.54, 1.807) is 52.1 Å². The van der Waals surface area contributed by atoms with Crippen LogP contribution in [0.2, 0.25) is 5.02 Å². The lowest BCUT2D eigenvalue weighted by Gasteiger charge is -2.42. The molecule has 0 aromatic heterocycles. The monoisotopic (exact) mass is 779 g/mol. The van der Waals surface area contributed by atoms with Crippen LogP contribution in [0.5, 0.6) is 5.75 Å². The molecule has 3 aliphatic heterocycles. The molecule has 3 aliphatic rings. The molecule has 13 nitrogen and oxygen atoms in total. The van der Waals surface area contributed by atoms with E-state index in [0.29, 0.717) is 24.3 Å². The van der Waals surface area contributed by atoms with Gasteiger partial charge in [0.1, 0.15) is 40.7 Å². The van der Waals surface area contributed by atoms with Gasteiger partial charge in [-0.3, -0.25) is 14.9 Å². The number of thiol groups is 1. The van der Waals surface area contributed by atoms with E-state index in [9.17, 15) is 24.3 Å². The Morgan fingerprint density at radius 2 is 1.94 bits per heavy atom. The number of likely N-dealkylation sites (N-methyl/N-ethyl adjacent to an activating group) is 1. The van der Waals surface area contributed by atoms with Gasteiger partial charge in [-0.25, -0.2) is 9.59 Å². The van der Waals surface area contributed by atoms with Crippen molar-refractivity contribution in [3.63, 3.8) is 0 Å². The number of amides is 3. The van der Waals surface area contributed by atoms with Crippen LogP contribution in [0.4, 0.5) is 10.5 Å². The minimum atomic E-state index is -1.83. The van der Waals surface area contributed by atoms with E-state index < -0.39 is 65.7 Å². The average Bonchev–Trinajstić information content (AvgIpc) is 3.78. The molecule has 1 aromatic rings. The number of allylic oxidation sites excluding steroid dienone is 3. The van der Waals surface area contributed by atoms with Gasteiger partial charge in [0.15, 0.2) is 5.72 Å². The predicted molar refractivity (Wildman–Crippen MR) is 203 cm³/mol. The van der Waals surface area contributed by atoms with Crippen molar-refractivity contribution in [2.75, 3.05) is 33.2 Å². The second kappa shape index (κ2) is 16.6. The van der Waals surface area contributed by atoms with Crippen LogP contribution in [0.3, 0.4) is 0 Å². The molecule has 2 saturated heterocycles. The largest absolute Gasteiger partial charge is 0.495 e. The van der Waals surface area contributed by atoms with Crippen LogP contribution in [-0.4, -0.2) is 109 Å². The van der Waals surface area contributed by atoms with E-state index in [-0.39, 0.29) is 34.9 Å². The van der Waals surface area contributed by atoms with Gasteiger partial charge in [0.25, 0.3) is 0 Å². The molecular weight excluding hydrogens is 726 g/mol. The summed E-state index contributed by atoms with van der Waals surface area (Å²) in [5.41, 5.74) is -0.916. The fourth-order valence-electron chi connectivity index (χ4n) is 6.81. The van der Waals surface area contributed by atoms with Crippen LogP contribution in [0, 0.1) is 5.92 Å². The number of hydrogen-bond acceptors (Lipinski definition) is 11. The van der Waals surface area contributed by atoms with Crippen molar-refractivity contribution in [3.05, 3.63) is 46.5 Å². The number of fused-ring (bicyclic) bond motifs is 5. The van der Waals surface area contributed by atoms with Crippen LogP contribution in [0.15, 0.2) is 35.9 Å². The molecule has 294 valence electrons. The fraction of sp³-hybridized carbons (Fsp3) is 0.632.